The number of amides is 1. The minimum atomic E-state index is -0.886. The van der Waals surface area contributed by atoms with Crippen LogP contribution in [0.4, 0.5) is 20.5 Å². The topological polar surface area (TPSA) is 76.8 Å². The molecule has 3 heterocycles. The van der Waals surface area contributed by atoms with Gasteiger partial charge in [0.05, 0.1) is 6.61 Å². The standard InChI is InChI=1S/C24H31F2N3O4/c1-4-19-20(28-23(33-19)29-13-24(5-2,6-3)14-29)22(30)27-15-10-17(25)21(18(26)11-15)32-16-8-7-9-31-12-16/h10-11,16H,4-9,12-14H2,1-3H3,(H,27,30). The molecule has 0 aliphatic carbocycles. The number of hydrogen-bond acceptors (Lipinski definition) is 6. The molecule has 2 saturated heterocycles. The number of anilines is 2. The molecule has 2 aliphatic rings. The van der Waals surface area contributed by atoms with Crippen molar-refractivity contribution in [1.82, 2.24) is 4.98 Å². The van der Waals surface area contributed by atoms with Crippen LogP contribution in [0.1, 0.15) is 62.7 Å². The fourth-order valence-corrected chi connectivity index (χ4v) is 4.39. The van der Waals surface area contributed by atoms with Crippen LogP contribution in [0, 0.1) is 17.0 Å². The highest BCUT2D eigenvalue weighted by atomic mass is 19.1. The molecule has 0 saturated carbocycles. The first kappa shape index (κ1) is 23.5. The zero-order chi connectivity index (χ0) is 23.6. The summed E-state index contributed by atoms with van der Waals surface area (Å²) >= 11 is 0. The number of ether oxygens (including phenoxy) is 2. The number of aromatic nitrogens is 1. The van der Waals surface area contributed by atoms with E-state index in [0.717, 1.165) is 44.5 Å². The number of carbonyl (C=O) groups is 1. The highest BCUT2D eigenvalue weighted by Gasteiger charge is 2.42. The molecule has 0 spiro atoms. The Morgan fingerprint density at radius 3 is 2.52 bits per heavy atom. The van der Waals surface area contributed by atoms with Crippen molar-refractivity contribution in [2.75, 3.05) is 36.5 Å². The van der Waals surface area contributed by atoms with Crippen LogP contribution in [0.2, 0.25) is 0 Å². The van der Waals surface area contributed by atoms with E-state index in [9.17, 15) is 13.6 Å². The van der Waals surface area contributed by atoms with Gasteiger partial charge in [0.15, 0.2) is 23.1 Å². The summed E-state index contributed by atoms with van der Waals surface area (Å²) in [4.78, 5) is 19.3. The summed E-state index contributed by atoms with van der Waals surface area (Å²) in [6.45, 7) is 8.77. The number of halogens is 2. The van der Waals surface area contributed by atoms with Crippen molar-refractivity contribution in [1.29, 1.82) is 0 Å². The van der Waals surface area contributed by atoms with Gasteiger partial charge in [-0.15, -0.1) is 0 Å². The van der Waals surface area contributed by atoms with Crippen molar-refractivity contribution in [3.05, 3.63) is 35.2 Å². The van der Waals surface area contributed by atoms with Crippen LogP contribution in [0.5, 0.6) is 5.75 Å². The second-order valence-corrected chi connectivity index (χ2v) is 8.87. The lowest BCUT2D eigenvalue weighted by atomic mass is 9.75. The van der Waals surface area contributed by atoms with Crippen LogP contribution >= 0.6 is 0 Å². The highest BCUT2D eigenvalue weighted by Crippen LogP contribution is 2.40. The number of oxazole rings is 1. The lowest BCUT2D eigenvalue weighted by molar-refractivity contribution is 0.00422. The average molecular weight is 464 g/mol. The van der Waals surface area contributed by atoms with E-state index in [-0.39, 0.29) is 16.8 Å². The maximum Gasteiger partial charge on any atom is 0.298 e. The quantitative estimate of drug-likeness (QED) is 0.597. The number of nitrogens with one attached hydrogen (secondary N) is 1. The molecule has 2 fully saturated rings. The van der Waals surface area contributed by atoms with Gasteiger partial charge in [0.1, 0.15) is 11.9 Å². The van der Waals surface area contributed by atoms with Crippen molar-refractivity contribution >= 4 is 17.6 Å². The summed E-state index contributed by atoms with van der Waals surface area (Å²) in [5.41, 5.74) is 0.360. The van der Waals surface area contributed by atoms with Gasteiger partial charge in [-0.05, 0) is 25.7 Å². The fourth-order valence-electron chi connectivity index (χ4n) is 4.39. The van der Waals surface area contributed by atoms with Gasteiger partial charge in [-0.25, -0.2) is 8.78 Å². The predicted molar refractivity (Wildman–Crippen MR) is 120 cm³/mol. The lowest BCUT2D eigenvalue weighted by Gasteiger charge is -2.48. The number of carbonyl (C=O) groups excluding carboxylic acids is 1. The van der Waals surface area contributed by atoms with Crippen molar-refractivity contribution in [2.24, 2.45) is 5.41 Å². The molecule has 1 amide bonds. The van der Waals surface area contributed by atoms with Crippen molar-refractivity contribution in [3.8, 4) is 5.75 Å². The number of nitrogens with zero attached hydrogens (tertiary/aromatic N) is 2. The Bertz CT molecular complexity index is 969. The van der Waals surface area contributed by atoms with Crippen LogP contribution in [0.15, 0.2) is 16.5 Å². The highest BCUT2D eigenvalue weighted by molar-refractivity contribution is 6.03. The zero-order valence-corrected chi connectivity index (χ0v) is 19.4. The maximum atomic E-state index is 14.6. The average Bonchev–Trinajstić information content (AvgIpc) is 3.21. The fraction of sp³-hybridized carbons (Fsp3) is 0.583. The number of aryl methyl sites for hydroxylation is 1. The summed E-state index contributed by atoms with van der Waals surface area (Å²) < 4.78 is 45.7. The molecular weight excluding hydrogens is 432 g/mol. The molecule has 33 heavy (non-hydrogen) atoms. The third kappa shape index (κ3) is 4.83. The Morgan fingerprint density at radius 2 is 1.94 bits per heavy atom. The monoisotopic (exact) mass is 463 g/mol. The molecule has 1 aromatic heterocycles. The first-order chi connectivity index (χ1) is 15.9. The van der Waals surface area contributed by atoms with E-state index in [1.165, 1.54) is 0 Å². The Labute approximate surface area is 192 Å². The molecule has 0 bridgehead atoms. The van der Waals surface area contributed by atoms with Crippen molar-refractivity contribution < 1.29 is 27.5 Å². The molecule has 7 nitrogen and oxygen atoms in total. The van der Waals surface area contributed by atoms with Crippen LogP contribution in [-0.2, 0) is 11.2 Å². The van der Waals surface area contributed by atoms with Gasteiger partial charge >= 0.3 is 0 Å². The molecule has 0 radical (unpaired) electrons. The minimum absolute atomic E-state index is 0.0196. The van der Waals surface area contributed by atoms with E-state index >= 15 is 0 Å². The van der Waals surface area contributed by atoms with Gasteiger partial charge in [0.25, 0.3) is 11.9 Å². The molecule has 1 aromatic carbocycles. The SMILES string of the molecule is CCc1oc(N2CC(CC)(CC)C2)nc1C(=O)Nc1cc(F)c(OC2CCCOC2)c(F)c1. The summed E-state index contributed by atoms with van der Waals surface area (Å²) in [6.07, 6.45) is 3.65. The van der Waals surface area contributed by atoms with Gasteiger partial charge in [-0.2, -0.15) is 4.98 Å². The molecule has 180 valence electrons. The number of hydrogen-bond donors (Lipinski definition) is 1. The maximum absolute atomic E-state index is 14.6. The second kappa shape index (κ2) is 9.67. The first-order valence-corrected chi connectivity index (χ1v) is 11.7. The van der Waals surface area contributed by atoms with E-state index in [0.29, 0.717) is 37.8 Å². The van der Waals surface area contributed by atoms with E-state index in [4.69, 9.17) is 13.9 Å². The normalized spacial score (nSPS) is 19.8. The smallest absolute Gasteiger partial charge is 0.298 e. The van der Waals surface area contributed by atoms with Gasteiger partial charge in [0.2, 0.25) is 0 Å². The Balaban J connectivity index is 1.46. The van der Waals surface area contributed by atoms with Gasteiger partial charge in [-0.3, -0.25) is 4.79 Å². The van der Waals surface area contributed by atoms with Crippen LogP contribution in [-0.4, -0.2) is 43.3 Å². The first-order valence-electron chi connectivity index (χ1n) is 11.7. The lowest BCUT2D eigenvalue weighted by Crippen LogP contribution is -2.56. The number of rotatable bonds is 8. The van der Waals surface area contributed by atoms with Gasteiger partial charge < -0.3 is 24.1 Å². The van der Waals surface area contributed by atoms with E-state index in [1.807, 2.05) is 11.8 Å². The van der Waals surface area contributed by atoms with Crippen LogP contribution in [0.3, 0.4) is 0 Å². The molecule has 2 aliphatic heterocycles. The molecule has 2 aromatic rings. The summed E-state index contributed by atoms with van der Waals surface area (Å²) in [5, 5.41) is 2.53. The molecule has 1 atom stereocenters. The Hall–Kier alpha value is -2.68. The van der Waals surface area contributed by atoms with Crippen LogP contribution in [0.25, 0.3) is 0 Å². The van der Waals surface area contributed by atoms with Crippen molar-refractivity contribution in [2.45, 2.75) is 59.0 Å². The molecule has 1 N–H and O–H groups in total. The Kier molecular flexibility index (Phi) is 6.88. The van der Waals surface area contributed by atoms with E-state index in [1.54, 1.807) is 0 Å². The summed E-state index contributed by atoms with van der Waals surface area (Å²) in [5.74, 6) is -2.37. The van der Waals surface area contributed by atoms with E-state index in [2.05, 4.69) is 24.1 Å². The predicted octanol–water partition coefficient (Wildman–Crippen LogP) is 4.95. The zero-order valence-electron chi connectivity index (χ0n) is 19.4. The number of benzene rings is 1. The summed E-state index contributed by atoms with van der Waals surface area (Å²) in [7, 11) is 0. The largest absolute Gasteiger partial charge is 0.482 e. The molecule has 4 rings (SSSR count). The third-order valence-corrected chi connectivity index (χ3v) is 6.70. The van der Waals surface area contributed by atoms with E-state index < -0.39 is 29.4 Å². The second-order valence-electron chi connectivity index (χ2n) is 8.87. The third-order valence-electron chi connectivity index (χ3n) is 6.70. The van der Waals surface area contributed by atoms with Gasteiger partial charge in [-0.1, -0.05) is 20.8 Å². The molecule has 9 heteroatoms. The minimum Gasteiger partial charge on any atom is -0.482 e. The van der Waals surface area contributed by atoms with Crippen molar-refractivity contribution in [3.63, 3.8) is 0 Å². The molecule has 1 unspecified atom stereocenters. The van der Waals surface area contributed by atoms with Crippen LogP contribution < -0.4 is 15.0 Å². The summed E-state index contributed by atoms with van der Waals surface area (Å²) in [6, 6.07) is 2.49. The Morgan fingerprint density at radius 1 is 1.24 bits per heavy atom. The van der Waals surface area contributed by atoms with Gasteiger partial charge in [0, 0.05) is 49.4 Å². The molecular formula is C24H31F2N3O4.